The Kier molecular flexibility index (Phi) is 5.32. The lowest BCUT2D eigenvalue weighted by atomic mass is 9.82. The molecule has 0 amide bonds. The summed E-state index contributed by atoms with van der Waals surface area (Å²) in [5.41, 5.74) is 12.5. The second kappa shape index (κ2) is 9.60. The first-order valence-corrected chi connectivity index (χ1v) is 16.2. The van der Waals surface area contributed by atoms with Crippen molar-refractivity contribution in [2.75, 3.05) is 4.90 Å². The van der Waals surface area contributed by atoms with Crippen LogP contribution in [-0.4, -0.2) is 9.13 Å². The predicted octanol–water partition coefficient (Wildman–Crippen LogP) is 11.2. The van der Waals surface area contributed by atoms with E-state index in [1.807, 2.05) is 0 Å². The zero-order valence-corrected chi connectivity index (χ0v) is 25.5. The van der Waals surface area contributed by atoms with E-state index in [0.29, 0.717) is 5.92 Å². The van der Waals surface area contributed by atoms with Gasteiger partial charge in [-0.1, -0.05) is 116 Å². The average Bonchev–Trinajstić information content (AvgIpc) is 3.76. The summed E-state index contributed by atoms with van der Waals surface area (Å²) in [4.78, 5) is 2.52. The fourth-order valence-electron chi connectivity index (χ4n) is 8.26. The zero-order chi connectivity index (χ0) is 30.4. The molecule has 3 nitrogen and oxygen atoms in total. The maximum absolute atomic E-state index is 2.57. The van der Waals surface area contributed by atoms with E-state index in [2.05, 4.69) is 179 Å². The van der Waals surface area contributed by atoms with Crippen LogP contribution in [0.25, 0.3) is 55.0 Å². The number of nitrogens with zero attached hydrogens (tertiary/aromatic N) is 3. The molecule has 0 fully saturated rings. The van der Waals surface area contributed by atoms with Gasteiger partial charge < -0.3 is 14.0 Å². The molecule has 1 aliphatic carbocycles. The quantitative estimate of drug-likeness (QED) is 0.200. The van der Waals surface area contributed by atoms with Crippen LogP contribution in [0.15, 0.2) is 163 Å². The number of aromatic nitrogens is 2. The summed E-state index contributed by atoms with van der Waals surface area (Å²) >= 11 is 0. The molecule has 0 bridgehead atoms. The molecule has 46 heavy (non-hydrogen) atoms. The standard InChI is InChI=1S/C43H31N3/c1-28-24-27-39(43-40(28)35-20-10-13-23-38(35)45(43)30-16-6-3-7-17-30)46-37-22-12-9-19-32(37)34-26-25-33-31-18-8-11-21-36(31)44(41(33)42(34)46)29-14-4-2-5-15-29/h2-28,40H,1H3. The third-order valence-electron chi connectivity index (χ3n) is 10.1. The molecular formula is C43H31N3. The first-order chi connectivity index (χ1) is 22.8. The number of benzene rings is 6. The molecule has 0 spiro atoms. The van der Waals surface area contributed by atoms with Crippen LogP contribution in [0, 0.1) is 5.92 Å². The zero-order valence-electron chi connectivity index (χ0n) is 25.5. The molecule has 2 atom stereocenters. The van der Waals surface area contributed by atoms with Crippen LogP contribution < -0.4 is 4.90 Å². The van der Waals surface area contributed by atoms with Crippen LogP contribution >= 0.6 is 0 Å². The molecular weight excluding hydrogens is 558 g/mol. The van der Waals surface area contributed by atoms with Crippen LogP contribution in [0.2, 0.25) is 0 Å². The van der Waals surface area contributed by atoms with E-state index >= 15 is 0 Å². The average molecular weight is 590 g/mol. The fourth-order valence-corrected chi connectivity index (χ4v) is 8.26. The topological polar surface area (TPSA) is 13.1 Å². The summed E-state index contributed by atoms with van der Waals surface area (Å²) in [6.45, 7) is 2.36. The van der Waals surface area contributed by atoms with Crippen molar-refractivity contribution < 1.29 is 0 Å². The van der Waals surface area contributed by atoms with Gasteiger partial charge in [0.1, 0.15) is 0 Å². The minimum absolute atomic E-state index is 0.242. The Hall–Kier alpha value is -5.80. The first kappa shape index (κ1) is 25.5. The smallest absolute Gasteiger partial charge is 0.0789 e. The molecule has 0 saturated heterocycles. The summed E-state index contributed by atoms with van der Waals surface area (Å²) in [5.74, 6) is 0.601. The monoisotopic (exact) mass is 589 g/mol. The third-order valence-corrected chi connectivity index (χ3v) is 10.1. The third kappa shape index (κ3) is 3.37. The molecule has 218 valence electrons. The number of anilines is 2. The molecule has 2 aliphatic rings. The van der Waals surface area contributed by atoms with Crippen molar-refractivity contribution in [3.8, 4) is 5.69 Å². The minimum atomic E-state index is 0.242. The van der Waals surface area contributed by atoms with Crippen LogP contribution in [0.5, 0.6) is 0 Å². The van der Waals surface area contributed by atoms with Crippen LogP contribution in [0.4, 0.5) is 11.4 Å². The molecule has 8 aromatic rings. The Bertz CT molecular complexity index is 2550. The highest BCUT2D eigenvalue weighted by atomic mass is 15.2. The normalized spacial score (nSPS) is 17.5. The fraction of sp³-hybridized carbons (Fsp3) is 0.0698. The molecule has 6 aromatic carbocycles. The van der Waals surface area contributed by atoms with Crippen molar-refractivity contribution >= 4 is 60.7 Å². The number of para-hydroxylation sites is 5. The Morgan fingerprint density at radius 1 is 0.478 bits per heavy atom. The van der Waals surface area contributed by atoms with E-state index < -0.39 is 0 Å². The number of hydrogen-bond donors (Lipinski definition) is 0. The largest absolute Gasteiger partial charge is 0.311 e. The van der Waals surface area contributed by atoms with E-state index in [1.54, 1.807) is 0 Å². The van der Waals surface area contributed by atoms with Crippen LogP contribution in [0.3, 0.4) is 0 Å². The summed E-state index contributed by atoms with van der Waals surface area (Å²) in [7, 11) is 0. The van der Waals surface area contributed by atoms with Gasteiger partial charge in [0, 0.05) is 44.5 Å². The van der Waals surface area contributed by atoms with Crippen molar-refractivity contribution in [3.63, 3.8) is 0 Å². The second-order valence-corrected chi connectivity index (χ2v) is 12.6. The van der Waals surface area contributed by atoms with Crippen molar-refractivity contribution in [1.82, 2.24) is 9.13 Å². The van der Waals surface area contributed by atoms with Gasteiger partial charge in [-0.15, -0.1) is 0 Å². The van der Waals surface area contributed by atoms with E-state index in [-0.39, 0.29) is 5.92 Å². The summed E-state index contributed by atoms with van der Waals surface area (Å²) in [6, 6.07) is 53.1. The highest BCUT2D eigenvalue weighted by Gasteiger charge is 2.41. The van der Waals surface area contributed by atoms with E-state index in [1.165, 1.54) is 77.6 Å². The Labute approximate surface area is 267 Å². The minimum Gasteiger partial charge on any atom is -0.311 e. The van der Waals surface area contributed by atoms with Crippen molar-refractivity contribution in [2.24, 2.45) is 5.92 Å². The maximum atomic E-state index is 2.57. The number of allylic oxidation sites excluding steroid dienone is 4. The SMILES string of the molecule is CC1C=CC(n2c3ccccc3c3ccc4c5ccccc5n(-c5ccccc5)c4c32)=C2C1c1ccccc1N2c1ccccc1. The van der Waals surface area contributed by atoms with Gasteiger partial charge in [-0.25, -0.2) is 0 Å². The summed E-state index contributed by atoms with van der Waals surface area (Å²) in [6.07, 6.45) is 4.81. The maximum Gasteiger partial charge on any atom is 0.0789 e. The van der Waals surface area contributed by atoms with Crippen molar-refractivity contribution in [1.29, 1.82) is 0 Å². The molecule has 3 heteroatoms. The van der Waals surface area contributed by atoms with Crippen LogP contribution in [-0.2, 0) is 0 Å². The highest BCUT2D eigenvalue weighted by molar-refractivity contribution is 6.24. The molecule has 2 aromatic heterocycles. The molecule has 10 rings (SSSR count). The van der Waals surface area contributed by atoms with Crippen molar-refractivity contribution in [3.05, 3.63) is 169 Å². The van der Waals surface area contributed by atoms with E-state index in [9.17, 15) is 0 Å². The second-order valence-electron chi connectivity index (χ2n) is 12.6. The summed E-state index contributed by atoms with van der Waals surface area (Å²) in [5, 5.41) is 5.06. The predicted molar refractivity (Wildman–Crippen MR) is 193 cm³/mol. The number of rotatable bonds is 3. The lowest BCUT2D eigenvalue weighted by Crippen LogP contribution is -2.22. The van der Waals surface area contributed by atoms with Gasteiger partial charge in [0.05, 0.1) is 33.5 Å². The highest BCUT2D eigenvalue weighted by Crippen LogP contribution is 2.55. The molecule has 0 saturated carbocycles. The van der Waals surface area contributed by atoms with Gasteiger partial charge in [0.25, 0.3) is 0 Å². The molecule has 3 heterocycles. The van der Waals surface area contributed by atoms with Crippen molar-refractivity contribution in [2.45, 2.75) is 12.8 Å². The van der Waals surface area contributed by atoms with Gasteiger partial charge in [0.15, 0.2) is 0 Å². The van der Waals surface area contributed by atoms with Crippen LogP contribution in [0.1, 0.15) is 18.4 Å². The molecule has 1 aliphatic heterocycles. The van der Waals surface area contributed by atoms with Gasteiger partial charge in [-0.3, -0.25) is 0 Å². The van der Waals surface area contributed by atoms with E-state index in [0.717, 1.165) is 0 Å². The molecule has 0 radical (unpaired) electrons. The first-order valence-electron chi connectivity index (χ1n) is 16.2. The van der Waals surface area contributed by atoms with Gasteiger partial charge >= 0.3 is 0 Å². The summed E-state index contributed by atoms with van der Waals surface area (Å²) < 4.78 is 5.04. The van der Waals surface area contributed by atoms with E-state index in [4.69, 9.17) is 0 Å². The van der Waals surface area contributed by atoms with Gasteiger partial charge in [-0.2, -0.15) is 0 Å². The van der Waals surface area contributed by atoms with Gasteiger partial charge in [0.2, 0.25) is 0 Å². The Morgan fingerprint density at radius 3 is 1.72 bits per heavy atom. The lowest BCUT2D eigenvalue weighted by molar-refractivity contribution is 0.618. The molecule has 0 N–H and O–H groups in total. The van der Waals surface area contributed by atoms with Gasteiger partial charge in [-0.05, 0) is 60.0 Å². The lowest BCUT2D eigenvalue weighted by Gasteiger charge is -2.31. The Morgan fingerprint density at radius 2 is 1.02 bits per heavy atom. The molecule has 2 unspecified atom stereocenters. The number of fused-ring (bicyclic) bond motifs is 10. The Balaban J connectivity index is 1.42. The number of hydrogen-bond acceptors (Lipinski definition) is 1.